The van der Waals surface area contributed by atoms with Crippen molar-refractivity contribution >= 4 is 11.3 Å². The SMILES string of the molecule is CCC(N)C(Oc1ccc(CC#N)cc1)c1sccc1C. The Hall–Kier alpha value is -1.83. The molecule has 0 fully saturated rings. The summed E-state index contributed by atoms with van der Waals surface area (Å²) < 4.78 is 6.13. The molecule has 0 saturated carbocycles. The number of nitriles is 1. The normalized spacial score (nSPS) is 13.4. The standard InChI is InChI=1S/C17H20N2OS/c1-3-15(19)16(17-12(2)9-11-21-17)20-14-6-4-13(5-7-14)8-10-18/h4-7,9,11,15-16H,3,8,19H2,1-2H3. The Bertz CT molecular complexity index is 612. The van der Waals surface area contributed by atoms with Gasteiger partial charge in [0.1, 0.15) is 11.9 Å². The Kier molecular flexibility index (Phi) is 5.38. The molecule has 2 aromatic rings. The molecule has 1 aromatic heterocycles. The first-order valence-electron chi connectivity index (χ1n) is 7.07. The van der Waals surface area contributed by atoms with Crippen molar-refractivity contribution in [3.8, 4) is 11.8 Å². The van der Waals surface area contributed by atoms with Gasteiger partial charge in [0.05, 0.1) is 12.5 Å². The maximum Gasteiger partial charge on any atom is 0.148 e. The van der Waals surface area contributed by atoms with Gasteiger partial charge >= 0.3 is 0 Å². The van der Waals surface area contributed by atoms with Gasteiger partial charge in [-0.2, -0.15) is 5.26 Å². The summed E-state index contributed by atoms with van der Waals surface area (Å²) in [4.78, 5) is 1.19. The van der Waals surface area contributed by atoms with E-state index >= 15 is 0 Å². The number of benzene rings is 1. The van der Waals surface area contributed by atoms with Gasteiger partial charge in [-0.1, -0.05) is 19.1 Å². The third-order valence-corrected chi connectivity index (χ3v) is 4.57. The molecule has 1 heterocycles. The molecule has 2 unspecified atom stereocenters. The highest BCUT2D eigenvalue weighted by Crippen LogP contribution is 2.31. The largest absolute Gasteiger partial charge is 0.483 e. The highest BCUT2D eigenvalue weighted by atomic mass is 32.1. The summed E-state index contributed by atoms with van der Waals surface area (Å²) in [5, 5.41) is 10.8. The van der Waals surface area contributed by atoms with Crippen LogP contribution < -0.4 is 10.5 Å². The van der Waals surface area contributed by atoms with Crippen molar-refractivity contribution in [1.82, 2.24) is 0 Å². The highest BCUT2D eigenvalue weighted by molar-refractivity contribution is 7.10. The molecule has 0 aliphatic carbocycles. The molecule has 0 amide bonds. The zero-order valence-corrected chi connectivity index (χ0v) is 13.2. The number of rotatable bonds is 6. The van der Waals surface area contributed by atoms with Crippen molar-refractivity contribution < 1.29 is 4.74 Å². The molecule has 110 valence electrons. The van der Waals surface area contributed by atoms with Gasteiger partial charge in [0.15, 0.2) is 0 Å². The van der Waals surface area contributed by atoms with Crippen LogP contribution in [-0.2, 0) is 6.42 Å². The lowest BCUT2D eigenvalue weighted by atomic mass is 10.1. The molecule has 1 aromatic carbocycles. The molecule has 0 bridgehead atoms. The topological polar surface area (TPSA) is 59.0 Å². The first-order valence-corrected chi connectivity index (χ1v) is 7.95. The predicted molar refractivity (Wildman–Crippen MR) is 86.5 cm³/mol. The highest BCUT2D eigenvalue weighted by Gasteiger charge is 2.23. The fourth-order valence-corrected chi connectivity index (χ4v) is 3.18. The summed E-state index contributed by atoms with van der Waals surface area (Å²) in [6.07, 6.45) is 1.15. The third-order valence-electron chi connectivity index (χ3n) is 3.49. The van der Waals surface area contributed by atoms with Gasteiger partial charge in [0.2, 0.25) is 0 Å². The zero-order valence-electron chi connectivity index (χ0n) is 12.4. The minimum atomic E-state index is -0.128. The molecule has 0 aliphatic heterocycles. The van der Waals surface area contributed by atoms with Crippen LogP contribution in [0.25, 0.3) is 0 Å². The van der Waals surface area contributed by atoms with Crippen LogP contribution in [0.1, 0.15) is 35.5 Å². The Balaban J connectivity index is 2.19. The second kappa shape index (κ2) is 7.26. The first kappa shape index (κ1) is 15.6. The van der Waals surface area contributed by atoms with Crippen molar-refractivity contribution in [2.75, 3.05) is 0 Å². The van der Waals surface area contributed by atoms with Gasteiger partial charge in [-0.15, -0.1) is 11.3 Å². The number of nitrogens with two attached hydrogens (primary N) is 1. The minimum Gasteiger partial charge on any atom is -0.483 e. The van der Waals surface area contributed by atoms with Crippen LogP contribution in [0.15, 0.2) is 35.7 Å². The predicted octanol–water partition coefficient (Wildman–Crippen LogP) is 3.98. The molecule has 21 heavy (non-hydrogen) atoms. The van der Waals surface area contributed by atoms with E-state index in [1.807, 2.05) is 24.3 Å². The molecule has 0 aliphatic rings. The van der Waals surface area contributed by atoms with E-state index in [9.17, 15) is 0 Å². The average Bonchev–Trinajstić information content (AvgIpc) is 2.92. The van der Waals surface area contributed by atoms with Gasteiger partial charge in [-0.05, 0) is 48.1 Å². The Labute approximate surface area is 130 Å². The number of aryl methyl sites for hydroxylation is 1. The van der Waals surface area contributed by atoms with Crippen molar-refractivity contribution in [3.05, 3.63) is 51.7 Å². The molecule has 2 rings (SSSR count). The number of hydrogen-bond donors (Lipinski definition) is 1. The summed E-state index contributed by atoms with van der Waals surface area (Å²) in [6, 6.07) is 11.9. The van der Waals surface area contributed by atoms with E-state index in [0.29, 0.717) is 6.42 Å². The number of thiophene rings is 1. The van der Waals surface area contributed by atoms with Crippen molar-refractivity contribution in [3.63, 3.8) is 0 Å². The summed E-state index contributed by atoms with van der Waals surface area (Å²) in [6.45, 7) is 4.15. The van der Waals surface area contributed by atoms with E-state index in [1.54, 1.807) is 11.3 Å². The number of nitrogens with zero attached hydrogens (tertiary/aromatic N) is 1. The molecule has 0 radical (unpaired) electrons. The summed E-state index contributed by atoms with van der Waals surface area (Å²) in [7, 11) is 0. The van der Waals surface area contributed by atoms with Gasteiger partial charge in [0, 0.05) is 10.9 Å². The molecule has 2 atom stereocenters. The third kappa shape index (κ3) is 3.84. The van der Waals surface area contributed by atoms with Gasteiger partial charge in [0.25, 0.3) is 0 Å². The molecular weight excluding hydrogens is 280 g/mol. The zero-order chi connectivity index (χ0) is 15.2. The Morgan fingerprint density at radius 3 is 2.52 bits per heavy atom. The lowest BCUT2D eigenvalue weighted by molar-refractivity contribution is 0.174. The monoisotopic (exact) mass is 300 g/mol. The molecule has 4 heteroatoms. The van der Waals surface area contributed by atoms with Crippen LogP contribution in [-0.4, -0.2) is 6.04 Å². The summed E-state index contributed by atoms with van der Waals surface area (Å²) >= 11 is 1.68. The van der Waals surface area contributed by atoms with Crippen LogP contribution in [0.2, 0.25) is 0 Å². The van der Waals surface area contributed by atoms with Crippen molar-refractivity contribution in [2.45, 2.75) is 38.8 Å². The maximum atomic E-state index is 8.70. The maximum absolute atomic E-state index is 8.70. The second-order valence-electron chi connectivity index (χ2n) is 5.06. The Morgan fingerprint density at radius 1 is 1.29 bits per heavy atom. The molecule has 3 nitrogen and oxygen atoms in total. The molecule has 2 N–H and O–H groups in total. The van der Waals surface area contributed by atoms with Gasteiger partial charge in [-0.3, -0.25) is 0 Å². The fourth-order valence-electron chi connectivity index (χ4n) is 2.15. The van der Waals surface area contributed by atoms with Crippen LogP contribution in [0.3, 0.4) is 0 Å². The lowest BCUT2D eigenvalue weighted by Gasteiger charge is -2.24. The minimum absolute atomic E-state index is 0.0406. The van der Waals surface area contributed by atoms with Crippen molar-refractivity contribution in [1.29, 1.82) is 5.26 Å². The quantitative estimate of drug-likeness (QED) is 0.877. The van der Waals surface area contributed by atoms with E-state index < -0.39 is 0 Å². The van der Waals surface area contributed by atoms with E-state index in [0.717, 1.165) is 17.7 Å². The summed E-state index contributed by atoms with van der Waals surface area (Å²) in [5.41, 5.74) is 8.45. The smallest absolute Gasteiger partial charge is 0.148 e. The Morgan fingerprint density at radius 2 is 2.00 bits per heavy atom. The van der Waals surface area contributed by atoms with Crippen LogP contribution in [0, 0.1) is 18.3 Å². The van der Waals surface area contributed by atoms with E-state index in [1.165, 1.54) is 10.4 Å². The lowest BCUT2D eigenvalue weighted by Crippen LogP contribution is -2.31. The van der Waals surface area contributed by atoms with Crippen LogP contribution >= 0.6 is 11.3 Å². The van der Waals surface area contributed by atoms with E-state index in [2.05, 4.69) is 31.4 Å². The fraction of sp³-hybridized carbons (Fsp3) is 0.353. The number of hydrogen-bond acceptors (Lipinski definition) is 4. The van der Waals surface area contributed by atoms with Crippen LogP contribution in [0.5, 0.6) is 5.75 Å². The van der Waals surface area contributed by atoms with Gasteiger partial charge < -0.3 is 10.5 Å². The second-order valence-corrected chi connectivity index (χ2v) is 6.00. The molecule has 0 spiro atoms. The van der Waals surface area contributed by atoms with Crippen LogP contribution in [0.4, 0.5) is 0 Å². The first-order chi connectivity index (χ1) is 10.2. The van der Waals surface area contributed by atoms with E-state index in [4.69, 9.17) is 15.7 Å². The number of ether oxygens (including phenoxy) is 1. The molecular formula is C17H20N2OS. The summed E-state index contributed by atoms with van der Waals surface area (Å²) in [5.74, 6) is 0.790. The average molecular weight is 300 g/mol. The van der Waals surface area contributed by atoms with Gasteiger partial charge in [-0.25, -0.2) is 0 Å². The van der Waals surface area contributed by atoms with Crippen molar-refractivity contribution in [2.24, 2.45) is 5.73 Å². The molecule has 0 saturated heterocycles. The van der Waals surface area contributed by atoms with E-state index in [-0.39, 0.29) is 12.1 Å².